The molecular weight excluding hydrogens is 373 g/mol. The molecule has 1 nitrogen and oxygen atoms in total. The zero-order valence-corrected chi connectivity index (χ0v) is 17.2. The molecule has 3 rings (SSSR count). The molecule has 1 aliphatic carbocycles. The standard InChI is InChI=1S/C25H29F3O/c1-3-4-15-29-23-14-13-21(16-22(23)26)19-10-6-18(7-11-19)8-12-20-9-5-17(2)24(27)25(20)28/h5,8-9,12-14,16,18-19H,3-4,6-7,10-11,15H2,1-2H3/b12-8+. The highest BCUT2D eigenvalue weighted by Crippen LogP contribution is 2.37. The van der Waals surface area contributed by atoms with Crippen LogP contribution in [0.25, 0.3) is 6.08 Å². The van der Waals surface area contributed by atoms with Crippen molar-refractivity contribution >= 4 is 6.08 Å². The molecule has 0 aromatic heterocycles. The van der Waals surface area contributed by atoms with Crippen LogP contribution in [-0.4, -0.2) is 6.61 Å². The van der Waals surface area contributed by atoms with Gasteiger partial charge in [0.1, 0.15) is 0 Å². The number of benzene rings is 2. The fraction of sp³-hybridized carbons (Fsp3) is 0.440. The number of aryl methyl sites for hydroxylation is 1. The predicted molar refractivity (Wildman–Crippen MR) is 112 cm³/mol. The molecule has 156 valence electrons. The average Bonchev–Trinajstić information content (AvgIpc) is 2.73. The highest BCUT2D eigenvalue weighted by molar-refractivity contribution is 5.51. The molecule has 0 heterocycles. The summed E-state index contributed by atoms with van der Waals surface area (Å²) in [6.45, 7) is 4.17. The van der Waals surface area contributed by atoms with Crippen LogP contribution < -0.4 is 4.74 Å². The Morgan fingerprint density at radius 3 is 2.45 bits per heavy atom. The van der Waals surface area contributed by atoms with E-state index in [1.807, 2.05) is 12.1 Å². The van der Waals surface area contributed by atoms with Crippen LogP contribution in [0.1, 0.15) is 68.1 Å². The Morgan fingerprint density at radius 2 is 1.76 bits per heavy atom. The molecule has 29 heavy (non-hydrogen) atoms. The Morgan fingerprint density at radius 1 is 1.00 bits per heavy atom. The Balaban J connectivity index is 1.56. The van der Waals surface area contributed by atoms with E-state index in [-0.39, 0.29) is 11.4 Å². The Bertz CT molecular complexity index is 851. The van der Waals surface area contributed by atoms with Crippen LogP contribution >= 0.6 is 0 Å². The van der Waals surface area contributed by atoms with Gasteiger partial charge in [-0.3, -0.25) is 0 Å². The van der Waals surface area contributed by atoms with Crippen LogP contribution in [0.15, 0.2) is 36.4 Å². The summed E-state index contributed by atoms with van der Waals surface area (Å²) >= 11 is 0. The molecule has 0 aliphatic heterocycles. The lowest BCUT2D eigenvalue weighted by Gasteiger charge is -2.27. The summed E-state index contributed by atoms with van der Waals surface area (Å²) in [5.74, 6) is -0.876. The quantitative estimate of drug-likeness (QED) is 0.434. The van der Waals surface area contributed by atoms with Crippen LogP contribution in [0, 0.1) is 30.3 Å². The molecule has 4 heteroatoms. The average molecular weight is 403 g/mol. The van der Waals surface area contributed by atoms with Crippen molar-refractivity contribution in [1.29, 1.82) is 0 Å². The molecule has 0 bridgehead atoms. The highest BCUT2D eigenvalue weighted by Gasteiger charge is 2.22. The first-order chi connectivity index (χ1) is 14.0. The van der Waals surface area contributed by atoms with Gasteiger partial charge in [0.15, 0.2) is 23.2 Å². The fourth-order valence-corrected chi connectivity index (χ4v) is 3.89. The van der Waals surface area contributed by atoms with E-state index < -0.39 is 11.6 Å². The highest BCUT2D eigenvalue weighted by atomic mass is 19.2. The van der Waals surface area contributed by atoms with Crippen molar-refractivity contribution < 1.29 is 17.9 Å². The number of unbranched alkanes of at least 4 members (excludes halogenated alkanes) is 1. The van der Waals surface area contributed by atoms with Gasteiger partial charge in [-0.15, -0.1) is 0 Å². The van der Waals surface area contributed by atoms with Crippen molar-refractivity contribution in [2.75, 3.05) is 6.61 Å². The van der Waals surface area contributed by atoms with Gasteiger partial charge >= 0.3 is 0 Å². The van der Waals surface area contributed by atoms with E-state index in [9.17, 15) is 13.2 Å². The van der Waals surface area contributed by atoms with Crippen molar-refractivity contribution in [3.63, 3.8) is 0 Å². The summed E-state index contributed by atoms with van der Waals surface area (Å²) in [6, 6.07) is 8.52. The monoisotopic (exact) mass is 402 g/mol. The topological polar surface area (TPSA) is 9.23 Å². The lowest BCUT2D eigenvalue weighted by atomic mass is 9.78. The maximum absolute atomic E-state index is 14.3. The third-order valence-electron chi connectivity index (χ3n) is 5.81. The number of hydrogen-bond donors (Lipinski definition) is 0. The molecule has 2 aromatic rings. The molecular formula is C25H29F3O. The van der Waals surface area contributed by atoms with Gasteiger partial charge in [-0.2, -0.15) is 0 Å². The molecule has 0 spiro atoms. The van der Waals surface area contributed by atoms with Gasteiger partial charge in [-0.1, -0.05) is 43.7 Å². The first kappa shape index (κ1) is 21.5. The number of hydrogen-bond acceptors (Lipinski definition) is 1. The smallest absolute Gasteiger partial charge is 0.166 e. The van der Waals surface area contributed by atoms with Crippen molar-refractivity contribution in [1.82, 2.24) is 0 Å². The number of rotatable bonds is 7. The van der Waals surface area contributed by atoms with Gasteiger partial charge in [0.25, 0.3) is 0 Å². The van der Waals surface area contributed by atoms with Crippen molar-refractivity contribution in [3.05, 3.63) is 70.5 Å². The summed E-state index contributed by atoms with van der Waals surface area (Å²) in [4.78, 5) is 0. The lowest BCUT2D eigenvalue weighted by Crippen LogP contribution is -2.12. The van der Waals surface area contributed by atoms with Crippen LogP contribution in [-0.2, 0) is 0 Å². The van der Waals surface area contributed by atoms with Gasteiger partial charge < -0.3 is 4.74 Å². The fourth-order valence-electron chi connectivity index (χ4n) is 3.89. The normalized spacial score (nSPS) is 19.6. The summed E-state index contributed by atoms with van der Waals surface area (Å²) in [5, 5.41) is 0. The van der Waals surface area contributed by atoms with Gasteiger partial charge in [-0.05, 0) is 74.1 Å². The second-order valence-electron chi connectivity index (χ2n) is 7.96. The van der Waals surface area contributed by atoms with E-state index in [4.69, 9.17) is 4.74 Å². The molecule has 0 N–H and O–H groups in total. The zero-order valence-electron chi connectivity index (χ0n) is 17.2. The molecule has 0 amide bonds. The summed E-state index contributed by atoms with van der Waals surface area (Å²) in [6.07, 6.45) is 9.41. The van der Waals surface area contributed by atoms with Crippen LogP contribution in [0.5, 0.6) is 5.75 Å². The van der Waals surface area contributed by atoms with E-state index >= 15 is 0 Å². The van der Waals surface area contributed by atoms with E-state index in [1.54, 1.807) is 37.3 Å². The van der Waals surface area contributed by atoms with Crippen molar-refractivity contribution in [2.45, 2.75) is 58.3 Å². The second kappa shape index (κ2) is 10.00. The number of halogens is 3. The maximum Gasteiger partial charge on any atom is 0.166 e. The Hall–Kier alpha value is -2.23. The van der Waals surface area contributed by atoms with Crippen molar-refractivity contribution in [2.24, 2.45) is 5.92 Å². The molecule has 0 saturated heterocycles. The predicted octanol–water partition coefficient (Wildman–Crippen LogP) is 7.58. The Kier molecular flexibility index (Phi) is 7.40. The SMILES string of the molecule is CCCCOc1ccc(C2CCC(/C=C/c3ccc(C)c(F)c3F)CC2)cc1F. The summed E-state index contributed by atoms with van der Waals surface area (Å²) < 4.78 is 47.5. The molecule has 0 atom stereocenters. The molecule has 1 saturated carbocycles. The van der Waals surface area contributed by atoms with E-state index in [2.05, 4.69) is 6.92 Å². The largest absolute Gasteiger partial charge is 0.491 e. The first-order valence-electron chi connectivity index (χ1n) is 10.5. The van der Waals surface area contributed by atoms with Gasteiger partial charge in [-0.25, -0.2) is 13.2 Å². The number of allylic oxidation sites excluding steroid dienone is 1. The molecule has 1 aliphatic rings. The lowest BCUT2D eigenvalue weighted by molar-refractivity contribution is 0.293. The van der Waals surface area contributed by atoms with Gasteiger partial charge in [0, 0.05) is 5.56 Å². The number of ether oxygens (including phenoxy) is 1. The first-order valence-corrected chi connectivity index (χ1v) is 10.5. The molecule has 1 fully saturated rings. The molecule has 0 unspecified atom stereocenters. The molecule has 2 aromatic carbocycles. The van der Waals surface area contributed by atoms with Gasteiger partial charge in [0.2, 0.25) is 0 Å². The van der Waals surface area contributed by atoms with Crippen LogP contribution in [0.2, 0.25) is 0 Å². The molecule has 0 radical (unpaired) electrons. The third kappa shape index (κ3) is 5.43. The zero-order chi connectivity index (χ0) is 20.8. The minimum atomic E-state index is -0.786. The minimum Gasteiger partial charge on any atom is -0.491 e. The third-order valence-corrected chi connectivity index (χ3v) is 5.81. The Labute approximate surface area is 171 Å². The van der Waals surface area contributed by atoms with Crippen LogP contribution in [0.4, 0.5) is 13.2 Å². The summed E-state index contributed by atoms with van der Waals surface area (Å²) in [5.41, 5.74) is 1.62. The van der Waals surface area contributed by atoms with Gasteiger partial charge in [0.05, 0.1) is 6.61 Å². The maximum atomic E-state index is 14.3. The van der Waals surface area contributed by atoms with Crippen LogP contribution in [0.3, 0.4) is 0 Å². The minimum absolute atomic E-state index is 0.288. The van der Waals surface area contributed by atoms with E-state index in [0.29, 0.717) is 29.8 Å². The summed E-state index contributed by atoms with van der Waals surface area (Å²) in [7, 11) is 0. The van der Waals surface area contributed by atoms with Crippen molar-refractivity contribution in [3.8, 4) is 5.75 Å². The second-order valence-corrected chi connectivity index (χ2v) is 7.96. The van der Waals surface area contributed by atoms with E-state index in [0.717, 1.165) is 44.1 Å². The van der Waals surface area contributed by atoms with E-state index in [1.165, 1.54) is 0 Å².